The second-order valence-electron chi connectivity index (χ2n) is 11.1. The summed E-state index contributed by atoms with van der Waals surface area (Å²) in [5.74, 6) is 1.03. The molecule has 2 aliphatic rings. The maximum Gasteiger partial charge on any atom is 0.410 e. The molecule has 0 spiro atoms. The van der Waals surface area contributed by atoms with Gasteiger partial charge in [-0.3, -0.25) is 9.80 Å². The summed E-state index contributed by atoms with van der Waals surface area (Å²) >= 11 is 0. The number of nitrogens with zero attached hydrogens (tertiary/aromatic N) is 2. The Bertz CT molecular complexity index is 1260. The van der Waals surface area contributed by atoms with Crippen molar-refractivity contribution in [3.8, 4) is 17.2 Å². The van der Waals surface area contributed by atoms with E-state index >= 15 is 0 Å². The first-order chi connectivity index (χ1) is 19.6. The third kappa shape index (κ3) is 6.22. The van der Waals surface area contributed by atoms with Crippen molar-refractivity contribution in [2.24, 2.45) is 0 Å². The summed E-state index contributed by atoms with van der Waals surface area (Å²) in [4.78, 5) is 30.0. The fourth-order valence-corrected chi connectivity index (χ4v) is 5.52. The normalized spacial score (nSPS) is 20.1. The highest BCUT2D eigenvalue weighted by molar-refractivity contribution is 5.76. The number of amides is 2. The second kappa shape index (κ2) is 12.3. The standard InChI is InChI=1S/C31H40N2O8/c1-9-21(22-15-24(37-7)19(2)27(38-8)28(22)40-18-36-6)25-26-23(16-32(25)29(34)41-31(3,4)5)33(26)30(35)39-17-20-13-11-10-12-14-20/h9-15,21,23,25-26H,1,16-18H2,2-8H3/t21?,23-,25?,26-,33?/m0/s1. The van der Waals surface area contributed by atoms with Gasteiger partial charge in [0.2, 0.25) is 0 Å². The van der Waals surface area contributed by atoms with Crippen LogP contribution >= 0.6 is 0 Å². The Morgan fingerprint density at radius 2 is 1.78 bits per heavy atom. The molecule has 0 saturated carbocycles. The van der Waals surface area contributed by atoms with Crippen LogP contribution in [0.5, 0.6) is 17.2 Å². The third-order valence-corrected chi connectivity index (χ3v) is 7.31. The first-order valence-electron chi connectivity index (χ1n) is 13.5. The molecule has 2 heterocycles. The van der Waals surface area contributed by atoms with Gasteiger partial charge in [0.15, 0.2) is 18.3 Å². The highest BCUT2D eigenvalue weighted by Gasteiger charge is 2.66. The Morgan fingerprint density at radius 1 is 1.07 bits per heavy atom. The van der Waals surface area contributed by atoms with E-state index in [1.807, 2.05) is 64.1 Å². The first-order valence-corrected chi connectivity index (χ1v) is 13.5. The summed E-state index contributed by atoms with van der Waals surface area (Å²) in [7, 11) is 4.66. The van der Waals surface area contributed by atoms with Crippen molar-refractivity contribution in [2.45, 2.75) is 63.9 Å². The van der Waals surface area contributed by atoms with Crippen LogP contribution < -0.4 is 14.2 Å². The van der Waals surface area contributed by atoms with Gasteiger partial charge in [-0.1, -0.05) is 36.4 Å². The molecule has 2 saturated heterocycles. The van der Waals surface area contributed by atoms with Gasteiger partial charge >= 0.3 is 12.2 Å². The zero-order valence-corrected chi connectivity index (χ0v) is 24.8. The summed E-state index contributed by atoms with van der Waals surface area (Å²) in [5, 5.41) is 0. The summed E-state index contributed by atoms with van der Waals surface area (Å²) in [5.41, 5.74) is 1.62. The summed E-state index contributed by atoms with van der Waals surface area (Å²) in [6.07, 6.45) is 0.847. The fraction of sp³-hybridized carbons (Fsp3) is 0.484. The van der Waals surface area contributed by atoms with Crippen molar-refractivity contribution in [2.75, 3.05) is 34.7 Å². The van der Waals surface area contributed by atoms with E-state index in [1.54, 1.807) is 30.1 Å². The highest BCUT2D eigenvalue weighted by Crippen LogP contribution is 2.51. The molecule has 2 fully saturated rings. The lowest BCUT2D eigenvalue weighted by molar-refractivity contribution is 0.0145. The minimum Gasteiger partial charge on any atom is -0.496 e. The lowest BCUT2D eigenvalue weighted by atomic mass is 9.87. The van der Waals surface area contributed by atoms with Crippen LogP contribution in [0.15, 0.2) is 49.1 Å². The van der Waals surface area contributed by atoms with E-state index in [2.05, 4.69) is 6.58 Å². The van der Waals surface area contributed by atoms with Crippen molar-refractivity contribution in [1.82, 2.24) is 9.80 Å². The van der Waals surface area contributed by atoms with Crippen molar-refractivity contribution < 1.29 is 38.0 Å². The molecule has 10 nitrogen and oxygen atoms in total. The number of piperazine rings is 1. The Hall–Kier alpha value is -3.92. The average Bonchev–Trinajstić information content (AvgIpc) is 3.52. The Morgan fingerprint density at radius 3 is 2.37 bits per heavy atom. The number of methoxy groups -OCH3 is 3. The van der Waals surface area contributed by atoms with Crippen LogP contribution in [0.4, 0.5) is 9.59 Å². The monoisotopic (exact) mass is 568 g/mol. The molecule has 0 radical (unpaired) electrons. The van der Waals surface area contributed by atoms with Gasteiger partial charge in [0.05, 0.1) is 32.3 Å². The van der Waals surface area contributed by atoms with E-state index in [0.29, 0.717) is 29.4 Å². The molecule has 0 aliphatic carbocycles. The Balaban J connectivity index is 1.71. The molecule has 4 rings (SSSR count). The van der Waals surface area contributed by atoms with Gasteiger partial charge in [0.25, 0.3) is 0 Å². The summed E-state index contributed by atoms with van der Waals surface area (Å²) in [6, 6.07) is 10.3. The number of benzene rings is 2. The molecule has 10 heteroatoms. The number of rotatable bonds is 10. The number of likely N-dealkylation sites (tertiary alicyclic amines) is 1. The van der Waals surface area contributed by atoms with Crippen molar-refractivity contribution in [3.63, 3.8) is 0 Å². The number of hydrogen-bond donors (Lipinski definition) is 0. The molecule has 0 aromatic heterocycles. The number of hydrogen-bond acceptors (Lipinski definition) is 8. The molecule has 2 aliphatic heterocycles. The maximum absolute atomic E-state index is 13.5. The molecule has 2 unspecified atom stereocenters. The number of carbonyl (C=O) groups excluding carboxylic acids is 2. The lowest BCUT2D eigenvalue weighted by Crippen LogP contribution is -2.48. The summed E-state index contributed by atoms with van der Waals surface area (Å²) < 4.78 is 34.1. The van der Waals surface area contributed by atoms with E-state index in [9.17, 15) is 9.59 Å². The fourth-order valence-electron chi connectivity index (χ4n) is 5.52. The molecular formula is C31H40N2O8. The lowest BCUT2D eigenvalue weighted by Gasteiger charge is -2.36. The van der Waals surface area contributed by atoms with Crippen molar-refractivity contribution >= 4 is 12.2 Å². The molecular weight excluding hydrogens is 528 g/mol. The van der Waals surface area contributed by atoms with Gasteiger partial charge in [-0.25, -0.2) is 9.59 Å². The van der Waals surface area contributed by atoms with Gasteiger partial charge in [0, 0.05) is 30.7 Å². The highest BCUT2D eigenvalue weighted by atomic mass is 16.7. The van der Waals surface area contributed by atoms with Crippen LogP contribution in [-0.2, 0) is 20.8 Å². The number of fused-ring (bicyclic) bond motifs is 1. The predicted molar refractivity (Wildman–Crippen MR) is 152 cm³/mol. The quantitative estimate of drug-likeness (QED) is 0.217. The molecule has 222 valence electrons. The number of ether oxygens (including phenoxy) is 6. The van der Waals surface area contributed by atoms with Gasteiger partial charge in [-0.15, -0.1) is 6.58 Å². The SMILES string of the molecule is C=CC(c1cc(OC)c(C)c(OC)c1OCOC)C1[C@@H]2[C@H](CN1C(=O)OC(C)(C)C)N2C(=O)OCc1ccccc1. The zero-order valence-electron chi connectivity index (χ0n) is 24.8. The van der Waals surface area contributed by atoms with Gasteiger partial charge < -0.3 is 28.4 Å². The third-order valence-electron chi connectivity index (χ3n) is 7.31. The Kier molecular flexibility index (Phi) is 9.01. The van der Waals surface area contributed by atoms with E-state index in [4.69, 9.17) is 28.4 Å². The van der Waals surface area contributed by atoms with Crippen LogP contribution in [0.3, 0.4) is 0 Å². The van der Waals surface area contributed by atoms with Crippen LogP contribution in [0.25, 0.3) is 0 Å². The minimum atomic E-state index is -0.699. The van der Waals surface area contributed by atoms with E-state index in [-0.39, 0.29) is 25.5 Å². The molecule has 0 N–H and O–H groups in total. The van der Waals surface area contributed by atoms with Gasteiger partial charge in [-0.2, -0.15) is 0 Å². The molecule has 0 bridgehead atoms. The van der Waals surface area contributed by atoms with E-state index in [1.165, 1.54) is 7.11 Å². The number of carbonyl (C=O) groups is 2. The van der Waals surface area contributed by atoms with Gasteiger partial charge in [-0.05, 0) is 39.3 Å². The van der Waals surface area contributed by atoms with Crippen molar-refractivity contribution in [1.29, 1.82) is 0 Å². The van der Waals surface area contributed by atoms with Crippen LogP contribution in [-0.4, -0.2) is 80.4 Å². The average molecular weight is 569 g/mol. The van der Waals surface area contributed by atoms with Crippen molar-refractivity contribution in [3.05, 3.63) is 65.7 Å². The topological polar surface area (TPSA) is 95.8 Å². The minimum absolute atomic E-state index is 0.0244. The molecule has 2 aromatic carbocycles. The van der Waals surface area contributed by atoms with E-state index in [0.717, 1.165) is 11.1 Å². The maximum atomic E-state index is 13.5. The predicted octanol–water partition coefficient (Wildman–Crippen LogP) is 5.27. The summed E-state index contributed by atoms with van der Waals surface area (Å²) in [6.45, 7) is 11.9. The molecule has 2 aromatic rings. The first kappa shape index (κ1) is 30.0. The van der Waals surface area contributed by atoms with Crippen LogP contribution in [0.2, 0.25) is 0 Å². The second-order valence-corrected chi connectivity index (χ2v) is 11.1. The Labute approximate surface area is 241 Å². The molecule has 4 atom stereocenters. The molecule has 2 amide bonds. The largest absolute Gasteiger partial charge is 0.496 e. The zero-order chi connectivity index (χ0) is 29.9. The smallest absolute Gasteiger partial charge is 0.410 e. The van der Waals surface area contributed by atoms with E-state index < -0.39 is 29.7 Å². The van der Waals surface area contributed by atoms with Crippen LogP contribution in [0, 0.1) is 6.92 Å². The molecule has 41 heavy (non-hydrogen) atoms. The van der Waals surface area contributed by atoms with Crippen LogP contribution in [0.1, 0.15) is 43.4 Å². The van der Waals surface area contributed by atoms with Gasteiger partial charge in [0.1, 0.15) is 18.0 Å².